The van der Waals surface area contributed by atoms with Crippen LogP contribution in [-0.4, -0.2) is 26.9 Å². The number of rotatable bonds is 2. The highest BCUT2D eigenvalue weighted by molar-refractivity contribution is 7.15. The van der Waals surface area contributed by atoms with Crippen molar-refractivity contribution in [2.24, 2.45) is 5.41 Å². The molecule has 7 heteroatoms. The molecule has 0 N–H and O–H groups in total. The minimum Gasteiger partial charge on any atom is -0.276 e. The number of hydrogen-bond acceptors (Lipinski definition) is 5. The number of aromatic nitrogens is 2. The van der Waals surface area contributed by atoms with Gasteiger partial charge >= 0.3 is 0 Å². The van der Waals surface area contributed by atoms with Gasteiger partial charge in [0.15, 0.2) is 0 Å². The maximum absolute atomic E-state index is 11.9. The minimum atomic E-state index is -0.247. The van der Waals surface area contributed by atoms with Gasteiger partial charge in [-0.1, -0.05) is 25.2 Å². The monoisotopic (exact) mass is 273 g/mol. The van der Waals surface area contributed by atoms with Crippen molar-refractivity contribution < 1.29 is 9.59 Å². The molecular formula is C10H12ClN3O2S. The Morgan fingerprint density at radius 3 is 2.35 bits per heavy atom. The number of amides is 2. The lowest BCUT2D eigenvalue weighted by molar-refractivity contribution is -0.153. The summed E-state index contributed by atoms with van der Waals surface area (Å²) in [7, 11) is 0. The molecule has 1 aliphatic heterocycles. The van der Waals surface area contributed by atoms with E-state index < -0.39 is 0 Å². The summed E-state index contributed by atoms with van der Waals surface area (Å²) in [6, 6.07) is 0. The smallest absolute Gasteiger partial charge is 0.230 e. The van der Waals surface area contributed by atoms with Crippen molar-refractivity contribution in [3.63, 3.8) is 0 Å². The van der Waals surface area contributed by atoms with Gasteiger partial charge in [-0.2, -0.15) is 0 Å². The molecule has 0 bridgehead atoms. The molecule has 0 aromatic carbocycles. The summed E-state index contributed by atoms with van der Waals surface area (Å²) in [6.45, 7) is 4.02. The molecule has 0 saturated carbocycles. The predicted octanol–water partition coefficient (Wildman–Crippen LogP) is 1.87. The van der Waals surface area contributed by atoms with Gasteiger partial charge in [-0.3, -0.25) is 14.5 Å². The van der Waals surface area contributed by atoms with E-state index in [1.807, 2.05) is 13.8 Å². The van der Waals surface area contributed by atoms with E-state index in [1.54, 1.807) is 0 Å². The second kappa shape index (κ2) is 4.34. The fourth-order valence-electron chi connectivity index (χ4n) is 1.82. The third-order valence-electron chi connectivity index (χ3n) is 2.60. The molecule has 0 unspecified atom stereocenters. The van der Waals surface area contributed by atoms with Gasteiger partial charge in [0.2, 0.25) is 16.3 Å². The van der Waals surface area contributed by atoms with E-state index in [1.165, 1.54) is 16.2 Å². The first-order chi connectivity index (χ1) is 7.87. The molecule has 2 heterocycles. The molecule has 0 radical (unpaired) electrons. The maximum atomic E-state index is 11.9. The number of carbonyl (C=O) groups excluding carboxylic acids is 2. The predicted molar refractivity (Wildman–Crippen MR) is 63.5 cm³/mol. The van der Waals surface area contributed by atoms with Crippen LogP contribution in [0.5, 0.6) is 0 Å². The van der Waals surface area contributed by atoms with Gasteiger partial charge in [-0.25, -0.2) is 0 Å². The second-order valence-corrected chi connectivity index (χ2v) is 6.48. The minimum absolute atomic E-state index is 0.155. The van der Waals surface area contributed by atoms with Gasteiger partial charge in [0.25, 0.3) is 0 Å². The Morgan fingerprint density at radius 1 is 1.29 bits per heavy atom. The lowest BCUT2D eigenvalue weighted by Gasteiger charge is -2.34. The molecule has 1 fully saturated rings. The van der Waals surface area contributed by atoms with E-state index in [0.717, 1.165) is 0 Å². The number of hydrogen-bond donors (Lipinski definition) is 0. The third-order valence-corrected chi connectivity index (χ3v) is 3.60. The summed E-state index contributed by atoms with van der Waals surface area (Å²) < 4.78 is 0.317. The van der Waals surface area contributed by atoms with Gasteiger partial charge in [0.1, 0.15) is 5.01 Å². The Balaban J connectivity index is 2.11. The van der Waals surface area contributed by atoms with E-state index in [9.17, 15) is 9.59 Å². The normalized spacial score (nSPS) is 19.8. The van der Waals surface area contributed by atoms with Crippen LogP contribution in [0.25, 0.3) is 0 Å². The van der Waals surface area contributed by atoms with Crippen LogP contribution in [0.4, 0.5) is 0 Å². The van der Waals surface area contributed by atoms with Gasteiger partial charge < -0.3 is 0 Å². The molecule has 17 heavy (non-hydrogen) atoms. The van der Waals surface area contributed by atoms with Crippen LogP contribution in [0.15, 0.2) is 0 Å². The number of piperidine rings is 1. The number of likely N-dealkylation sites (tertiary alicyclic amines) is 1. The maximum Gasteiger partial charge on any atom is 0.230 e. The first-order valence-electron chi connectivity index (χ1n) is 5.18. The standard InChI is InChI=1S/C10H12ClN3O2S/c1-10(2)3-7(15)14(8(16)4-10)5-6-12-13-9(11)17-6/h3-5H2,1-2H3. The molecule has 0 spiro atoms. The second-order valence-electron chi connectivity index (χ2n) is 4.84. The summed E-state index contributed by atoms with van der Waals surface area (Å²) >= 11 is 6.84. The van der Waals surface area contributed by atoms with E-state index in [-0.39, 0.29) is 23.8 Å². The van der Waals surface area contributed by atoms with Crippen molar-refractivity contribution in [2.45, 2.75) is 33.2 Å². The summed E-state index contributed by atoms with van der Waals surface area (Å²) in [6.07, 6.45) is 0.760. The van der Waals surface area contributed by atoms with Crippen molar-refractivity contribution >= 4 is 34.8 Å². The summed E-state index contributed by atoms with van der Waals surface area (Å²) in [5.74, 6) is -0.310. The molecule has 0 atom stereocenters. The van der Waals surface area contributed by atoms with E-state index in [4.69, 9.17) is 11.6 Å². The van der Waals surface area contributed by atoms with Crippen LogP contribution in [0.2, 0.25) is 4.47 Å². The summed E-state index contributed by atoms with van der Waals surface area (Å²) in [5, 5.41) is 8.03. The molecule has 1 saturated heterocycles. The van der Waals surface area contributed by atoms with Crippen LogP contribution in [0.1, 0.15) is 31.7 Å². The Kier molecular flexibility index (Phi) is 3.18. The van der Waals surface area contributed by atoms with Crippen molar-refractivity contribution in [1.82, 2.24) is 15.1 Å². The average molecular weight is 274 g/mol. The van der Waals surface area contributed by atoms with Crippen LogP contribution in [0.3, 0.4) is 0 Å². The molecule has 1 aliphatic rings. The Bertz CT molecular complexity index is 452. The van der Waals surface area contributed by atoms with Crippen LogP contribution in [0, 0.1) is 5.41 Å². The summed E-state index contributed by atoms with van der Waals surface area (Å²) in [4.78, 5) is 25.0. The van der Waals surface area contributed by atoms with Gasteiger partial charge in [-0.15, -0.1) is 10.2 Å². The van der Waals surface area contributed by atoms with Crippen molar-refractivity contribution in [1.29, 1.82) is 0 Å². The van der Waals surface area contributed by atoms with Crippen molar-refractivity contribution in [2.75, 3.05) is 0 Å². The quantitative estimate of drug-likeness (QED) is 0.772. The molecule has 0 aliphatic carbocycles. The number of halogens is 1. The van der Waals surface area contributed by atoms with Gasteiger partial charge in [-0.05, 0) is 17.0 Å². The van der Waals surface area contributed by atoms with E-state index in [0.29, 0.717) is 22.3 Å². The fraction of sp³-hybridized carbons (Fsp3) is 0.600. The lowest BCUT2D eigenvalue weighted by Crippen LogP contribution is -2.45. The Labute approximate surface area is 108 Å². The highest BCUT2D eigenvalue weighted by Crippen LogP contribution is 2.32. The number of carbonyl (C=O) groups is 2. The zero-order valence-electron chi connectivity index (χ0n) is 9.57. The highest BCUT2D eigenvalue weighted by atomic mass is 35.5. The highest BCUT2D eigenvalue weighted by Gasteiger charge is 2.37. The molecule has 2 amide bonds. The number of imide groups is 1. The fourth-order valence-corrected chi connectivity index (χ4v) is 2.68. The number of nitrogens with zero attached hydrogens (tertiary/aromatic N) is 3. The Morgan fingerprint density at radius 2 is 1.88 bits per heavy atom. The molecule has 1 aromatic heterocycles. The molecule has 2 rings (SSSR count). The molecule has 92 valence electrons. The first kappa shape index (κ1) is 12.4. The average Bonchev–Trinajstić information content (AvgIpc) is 2.56. The van der Waals surface area contributed by atoms with Gasteiger partial charge in [0, 0.05) is 12.8 Å². The summed E-state index contributed by atoms with van der Waals surface area (Å²) in [5.41, 5.74) is -0.247. The topological polar surface area (TPSA) is 63.2 Å². The Hall–Kier alpha value is -1.01. The SMILES string of the molecule is CC1(C)CC(=O)N(Cc2nnc(Cl)s2)C(=O)C1. The first-order valence-corrected chi connectivity index (χ1v) is 6.38. The van der Waals surface area contributed by atoms with Crippen LogP contribution >= 0.6 is 22.9 Å². The third kappa shape index (κ3) is 2.81. The molecular weight excluding hydrogens is 262 g/mol. The zero-order chi connectivity index (χ0) is 12.6. The lowest BCUT2D eigenvalue weighted by atomic mass is 9.82. The molecule has 1 aromatic rings. The van der Waals surface area contributed by atoms with Crippen LogP contribution in [-0.2, 0) is 16.1 Å². The van der Waals surface area contributed by atoms with E-state index >= 15 is 0 Å². The van der Waals surface area contributed by atoms with E-state index in [2.05, 4.69) is 10.2 Å². The van der Waals surface area contributed by atoms with Crippen molar-refractivity contribution in [3.8, 4) is 0 Å². The van der Waals surface area contributed by atoms with Crippen molar-refractivity contribution in [3.05, 3.63) is 9.47 Å². The largest absolute Gasteiger partial charge is 0.276 e. The van der Waals surface area contributed by atoms with Crippen LogP contribution < -0.4 is 0 Å². The zero-order valence-corrected chi connectivity index (χ0v) is 11.1. The molecule has 5 nitrogen and oxygen atoms in total. The van der Waals surface area contributed by atoms with Gasteiger partial charge in [0.05, 0.1) is 6.54 Å².